The molecule has 1 N–H and O–H groups in total. The van der Waals surface area contributed by atoms with Crippen LogP contribution in [0.4, 0.5) is 0 Å². The van der Waals surface area contributed by atoms with Gasteiger partial charge in [-0.1, -0.05) is 0 Å². The number of hydrogen-bond donors (Lipinski definition) is 1. The van der Waals surface area contributed by atoms with Gasteiger partial charge in [0.1, 0.15) is 6.07 Å². The normalized spacial score (nSPS) is 18.6. The van der Waals surface area contributed by atoms with Crippen LogP contribution in [-0.2, 0) is 23.4 Å². The fourth-order valence-corrected chi connectivity index (χ4v) is 2.03. The number of nitriles is 1. The molecule has 0 saturated carbocycles. The number of rotatable bonds is 4. The Balaban J connectivity index is 4.78. The third kappa shape index (κ3) is 4.36. The quantitative estimate of drug-likeness (QED) is 0.517. The van der Waals surface area contributed by atoms with Crippen LogP contribution >= 0.6 is 7.60 Å². The lowest BCUT2D eigenvalue weighted by Crippen LogP contribution is -2.16. The molecular weight excluding hydrogens is 221 g/mol. The lowest BCUT2D eigenvalue weighted by atomic mass is 10.8. The van der Waals surface area contributed by atoms with Gasteiger partial charge >= 0.3 is 7.60 Å². The maximum absolute atomic E-state index is 10.9. The van der Waals surface area contributed by atoms with Crippen molar-refractivity contribution in [3.63, 3.8) is 0 Å². The van der Waals surface area contributed by atoms with Gasteiger partial charge in [-0.25, -0.2) is 4.18 Å². The summed E-state index contributed by atoms with van der Waals surface area (Å²) >= 11 is 0. The van der Waals surface area contributed by atoms with Gasteiger partial charge in [-0.2, -0.15) is 13.7 Å². The highest BCUT2D eigenvalue weighted by Gasteiger charge is 2.35. The van der Waals surface area contributed by atoms with Crippen LogP contribution in [0.2, 0.25) is 0 Å². The Morgan fingerprint density at radius 2 is 2.08 bits per heavy atom. The van der Waals surface area contributed by atoms with E-state index in [-0.39, 0.29) is 0 Å². The van der Waals surface area contributed by atoms with Crippen molar-refractivity contribution < 1.29 is 26.6 Å². The molecule has 0 radical (unpaired) electrons. The Labute approximate surface area is 75.5 Å². The molecule has 0 aliphatic rings. The van der Waals surface area contributed by atoms with Gasteiger partial charge in [0.2, 0.25) is 0 Å². The monoisotopic (exact) mass is 229 g/mol. The molecule has 0 heterocycles. The highest BCUT2D eigenvalue weighted by atomic mass is 32.2. The molecule has 76 valence electrons. The van der Waals surface area contributed by atoms with Crippen LogP contribution in [-0.4, -0.2) is 32.5 Å². The highest BCUT2D eigenvalue weighted by Crippen LogP contribution is 2.47. The lowest BCUT2D eigenvalue weighted by Gasteiger charge is -2.13. The number of hydrogen-bond acceptors (Lipinski definition) is 6. The SMILES string of the molecule is COP(=O)(O)C(C#N)OS(C)(=O)=O. The third-order valence-corrected chi connectivity index (χ3v) is 2.96. The van der Waals surface area contributed by atoms with E-state index in [4.69, 9.17) is 10.2 Å². The van der Waals surface area contributed by atoms with Crippen molar-refractivity contribution in [3.8, 4) is 6.07 Å². The van der Waals surface area contributed by atoms with Crippen LogP contribution in [0.25, 0.3) is 0 Å². The van der Waals surface area contributed by atoms with Crippen LogP contribution in [0.5, 0.6) is 0 Å². The van der Waals surface area contributed by atoms with Gasteiger partial charge in [0.25, 0.3) is 16.0 Å². The molecule has 13 heavy (non-hydrogen) atoms. The summed E-state index contributed by atoms with van der Waals surface area (Å²) in [5.41, 5.74) is 0. The van der Waals surface area contributed by atoms with E-state index in [1.165, 1.54) is 6.07 Å². The molecule has 0 spiro atoms. The molecule has 0 bridgehead atoms. The summed E-state index contributed by atoms with van der Waals surface area (Å²) in [6.45, 7) is 0. The van der Waals surface area contributed by atoms with E-state index in [2.05, 4.69) is 8.71 Å². The average molecular weight is 229 g/mol. The van der Waals surface area contributed by atoms with Crippen molar-refractivity contribution in [2.75, 3.05) is 13.4 Å². The summed E-state index contributed by atoms with van der Waals surface area (Å²) in [6.07, 6.45) is 0.660. The van der Waals surface area contributed by atoms with Gasteiger partial charge in [0, 0.05) is 7.11 Å². The van der Waals surface area contributed by atoms with Crippen molar-refractivity contribution in [3.05, 3.63) is 0 Å². The smallest absolute Gasteiger partial charge is 0.322 e. The first-order valence-electron chi connectivity index (χ1n) is 2.89. The maximum Gasteiger partial charge on any atom is 0.372 e. The maximum atomic E-state index is 10.9. The lowest BCUT2D eigenvalue weighted by molar-refractivity contribution is 0.242. The molecule has 2 unspecified atom stereocenters. The van der Waals surface area contributed by atoms with Crippen LogP contribution in [0, 0.1) is 11.3 Å². The van der Waals surface area contributed by atoms with E-state index >= 15 is 0 Å². The van der Waals surface area contributed by atoms with Crippen LogP contribution in [0.3, 0.4) is 0 Å². The van der Waals surface area contributed by atoms with E-state index in [1.54, 1.807) is 0 Å². The van der Waals surface area contributed by atoms with Crippen LogP contribution in [0.15, 0.2) is 0 Å². The summed E-state index contributed by atoms with van der Waals surface area (Å²) in [6, 6.07) is 1.21. The zero-order valence-electron chi connectivity index (χ0n) is 6.87. The Morgan fingerprint density at radius 3 is 2.31 bits per heavy atom. The van der Waals surface area contributed by atoms with E-state index in [0.717, 1.165) is 7.11 Å². The Kier molecular flexibility index (Phi) is 4.03. The van der Waals surface area contributed by atoms with Crippen molar-refractivity contribution in [2.45, 2.75) is 5.85 Å². The average Bonchev–Trinajstić information content (AvgIpc) is 1.98. The van der Waals surface area contributed by atoms with Crippen molar-refractivity contribution >= 4 is 17.7 Å². The second-order valence-electron chi connectivity index (χ2n) is 2.03. The summed E-state index contributed by atoms with van der Waals surface area (Å²) in [4.78, 5) is 8.87. The highest BCUT2D eigenvalue weighted by molar-refractivity contribution is 7.86. The molecule has 0 rings (SSSR count). The zero-order valence-corrected chi connectivity index (χ0v) is 8.58. The fourth-order valence-electron chi connectivity index (χ4n) is 0.410. The van der Waals surface area contributed by atoms with E-state index < -0.39 is 23.6 Å². The first-order valence-corrected chi connectivity index (χ1v) is 6.35. The topological polar surface area (TPSA) is 114 Å². The molecule has 0 saturated heterocycles. The minimum absolute atomic E-state index is 0.660. The molecule has 0 amide bonds. The molecule has 0 aliphatic carbocycles. The first kappa shape index (κ1) is 12.6. The van der Waals surface area contributed by atoms with E-state index in [9.17, 15) is 13.0 Å². The molecule has 9 heteroatoms. The molecule has 0 aromatic heterocycles. The summed E-state index contributed by atoms with van der Waals surface area (Å²) in [5.74, 6) is -2.02. The molecule has 0 aromatic rings. The fraction of sp³-hybridized carbons (Fsp3) is 0.750. The Morgan fingerprint density at radius 1 is 1.62 bits per heavy atom. The van der Waals surface area contributed by atoms with E-state index in [1.807, 2.05) is 0 Å². The molecular formula is C4H8NO6PS. The third-order valence-electron chi connectivity index (χ3n) is 0.934. The standard InChI is InChI=1S/C4H8NO6PS/c1-10-12(6,7)4(3-5)11-13(2,8)9/h4H,1-2H3,(H,6,7). The van der Waals surface area contributed by atoms with Crippen LogP contribution < -0.4 is 0 Å². The van der Waals surface area contributed by atoms with Gasteiger partial charge < -0.3 is 9.42 Å². The second kappa shape index (κ2) is 4.17. The van der Waals surface area contributed by atoms with Crippen LogP contribution in [0.1, 0.15) is 0 Å². The predicted molar refractivity (Wildman–Crippen MR) is 42.2 cm³/mol. The molecule has 0 fully saturated rings. The second-order valence-corrected chi connectivity index (χ2v) is 5.59. The van der Waals surface area contributed by atoms with Gasteiger partial charge in [0.05, 0.1) is 6.26 Å². The Bertz CT molecular complexity index is 355. The molecule has 2 atom stereocenters. The van der Waals surface area contributed by atoms with Crippen molar-refractivity contribution in [1.29, 1.82) is 5.26 Å². The molecule has 0 aromatic carbocycles. The predicted octanol–water partition coefficient (Wildman–Crippen LogP) is -0.356. The van der Waals surface area contributed by atoms with Crippen molar-refractivity contribution in [1.82, 2.24) is 0 Å². The molecule has 7 nitrogen and oxygen atoms in total. The molecule has 0 aliphatic heterocycles. The van der Waals surface area contributed by atoms with Gasteiger partial charge in [-0.3, -0.25) is 4.57 Å². The largest absolute Gasteiger partial charge is 0.372 e. The van der Waals surface area contributed by atoms with Gasteiger partial charge in [-0.05, 0) is 0 Å². The summed E-state index contributed by atoms with van der Waals surface area (Å²) < 4.78 is 40.0. The van der Waals surface area contributed by atoms with Gasteiger partial charge in [0.15, 0.2) is 0 Å². The minimum Gasteiger partial charge on any atom is -0.322 e. The summed E-state index contributed by atoms with van der Waals surface area (Å²) in [5, 5.41) is 8.30. The summed E-state index contributed by atoms with van der Waals surface area (Å²) in [7, 11) is -7.43. The Hall–Kier alpha value is -0.450. The minimum atomic E-state index is -4.34. The van der Waals surface area contributed by atoms with Crippen molar-refractivity contribution in [2.24, 2.45) is 0 Å². The van der Waals surface area contributed by atoms with Gasteiger partial charge in [-0.15, -0.1) is 0 Å². The first-order chi connectivity index (χ1) is 5.73. The van der Waals surface area contributed by atoms with E-state index in [0.29, 0.717) is 6.26 Å². The zero-order chi connectivity index (χ0) is 10.7. The number of nitrogens with zero attached hydrogens (tertiary/aromatic N) is 1.